The lowest BCUT2D eigenvalue weighted by Crippen LogP contribution is -2.37. The summed E-state index contributed by atoms with van der Waals surface area (Å²) in [6, 6.07) is 10.6. The maximum Gasteiger partial charge on any atom is 0.240 e. The highest BCUT2D eigenvalue weighted by atomic mass is 32.2. The van der Waals surface area contributed by atoms with Crippen LogP contribution in [0.3, 0.4) is 0 Å². The Labute approximate surface area is 148 Å². The standard InChI is InChI=1S/C18H24N4O2S/c23-25(24,18-4-2-1-3-5-18)20-10-16-12-21(11-15-6-7-15)14-17-8-9-19-22(17)13-16/h1-5,8-9,15-16,20H,6-7,10-14H2/t16-/m0/s1. The van der Waals surface area contributed by atoms with E-state index in [4.69, 9.17) is 0 Å². The first-order valence-electron chi connectivity index (χ1n) is 8.88. The summed E-state index contributed by atoms with van der Waals surface area (Å²) >= 11 is 0. The molecule has 7 heteroatoms. The van der Waals surface area contributed by atoms with Gasteiger partial charge in [-0.05, 0) is 37.0 Å². The molecule has 1 aliphatic heterocycles. The molecule has 0 unspecified atom stereocenters. The third kappa shape index (κ3) is 4.11. The number of sulfonamides is 1. The lowest BCUT2D eigenvalue weighted by Gasteiger charge is -2.24. The van der Waals surface area contributed by atoms with Crippen molar-refractivity contribution in [1.29, 1.82) is 0 Å². The zero-order valence-corrected chi connectivity index (χ0v) is 15.0. The van der Waals surface area contributed by atoms with Gasteiger partial charge in [0.25, 0.3) is 0 Å². The van der Waals surface area contributed by atoms with E-state index in [1.54, 1.807) is 24.3 Å². The predicted octanol–water partition coefficient (Wildman–Crippen LogP) is 1.70. The summed E-state index contributed by atoms with van der Waals surface area (Å²) in [6.45, 7) is 4.08. The van der Waals surface area contributed by atoms with Gasteiger partial charge in [0, 0.05) is 44.8 Å². The number of nitrogens with zero attached hydrogens (tertiary/aromatic N) is 3. The second-order valence-electron chi connectivity index (χ2n) is 7.17. The Balaban J connectivity index is 1.45. The van der Waals surface area contributed by atoms with Crippen LogP contribution in [0.1, 0.15) is 18.5 Å². The normalized spacial score (nSPS) is 21.7. The first-order valence-corrected chi connectivity index (χ1v) is 10.4. The van der Waals surface area contributed by atoms with E-state index in [2.05, 4.69) is 20.8 Å². The fourth-order valence-electron chi connectivity index (χ4n) is 3.46. The highest BCUT2D eigenvalue weighted by Gasteiger charge is 2.29. The van der Waals surface area contributed by atoms with Crippen molar-refractivity contribution in [2.45, 2.75) is 30.8 Å². The van der Waals surface area contributed by atoms with E-state index >= 15 is 0 Å². The van der Waals surface area contributed by atoms with E-state index in [0.717, 1.165) is 32.1 Å². The van der Waals surface area contributed by atoms with Gasteiger partial charge in [-0.1, -0.05) is 18.2 Å². The number of benzene rings is 1. The van der Waals surface area contributed by atoms with Gasteiger partial charge in [0.1, 0.15) is 0 Å². The topological polar surface area (TPSA) is 67.2 Å². The molecule has 2 heterocycles. The molecule has 0 saturated heterocycles. The van der Waals surface area contributed by atoms with Gasteiger partial charge in [0.05, 0.1) is 10.6 Å². The predicted molar refractivity (Wildman–Crippen MR) is 95.3 cm³/mol. The maximum absolute atomic E-state index is 12.5. The fraction of sp³-hybridized carbons (Fsp3) is 0.500. The largest absolute Gasteiger partial charge is 0.297 e. The Morgan fingerprint density at radius 2 is 1.88 bits per heavy atom. The molecule has 1 N–H and O–H groups in total. The summed E-state index contributed by atoms with van der Waals surface area (Å²) in [5.74, 6) is 1.02. The molecule has 1 saturated carbocycles. The Kier molecular flexibility index (Phi) is 4.62. The summed E-state index contributed by atoms with van der Waals surface area (Å²) in [6.07, 6.45) is 4.48. The molecular formula is C18H24N4O2S. The van der Waals surface area contributed by atoms with Crippen LogP contribution in [0.25, 0.3) is 0 Å². The molecule has 1 fully saturated rings. The smallest absolute Gasteiger partial charge is 0.240 e. The third-order valence-electron chi connectivity index (χ3n) is 4.97. The van der Waals surface area contributed by atoms with Crippen molar-refractivity contribution < 1.29 is 8.42 Å². The first-order chi connectivity index (χ1) is 12.1. The minimum atomic E-state index is -3.46. The number of fused-ring (bicyclic) bond motifs is 1. The van der Waals surface area contributed by atoms with E-state index < -0.39 is 10.0 Å². The van der Waals surface area contributed by atoms with Crippen LogP contribution in [0, 0.1) is 11.8 Å². The van der Waals surface area contributed by atoms with E-state index in [1.807, 2.05) is 16.9 Å². The van der Waals surface area contributed by atoms with E-state index in [0.29, 0.717) is 11.4 Å². The van der Waals surface area contributed by atoms with Crippen molar-refractivity contribution in [2.24, 2.45) is 11.8 Å². The van der Waals surface area contributed by atoms with Gasteiger partial charge < -0.3 is 0 Å². The van der Waals surface area contributed by atoms with Crippen molar-refractivity contribution in [3.8, 4) is 0 Å². The number of nitrogens with one attached hydrogen (secondary N) is 1. The SMILES string of the molecule is O=S(=O)(NC[C@H]1CN(CC2CC2)Cc2ccnn2C1)c1ccccc1. The van der Waals surface area contributed by atoms with Crippen LogP contribution in [0.5, 0.6) is 0 Å². The van der Waals surface area contributed by atoms with Crippen LogP contribution < -0.4 is 4.72 Å². The number of rotatable bonds is 6. The number of hydrogen-bond acceptors (Lipinski definition) is 4. The molecule has 25 heavy (non-hydrogen) atoms. The van der Waals surface area contributed by atoms with E-state index in [1.165, 1.54) is 18.5 Å². The molecule has 1 aliphatic carbocycles. The summed E-state index contributed by atoms with van der Waals surface area (Å²) in [5, 5.41) is 4.41. The molecule has 0 bridgehead atoms. The summed E-state index contributed by atoms with van der Waals surface area (Å²) in [4.78, 5) is 2.78. The van der Waals surface area contributed by atoms with E-state index in [-0.39, 0.29) is 5.92 Å². The molecule has 2 aliphatic rings. The molecule has 6 nitrogen and oxygen atoms in total. The van der Waals surface area contributed by atoms with Crippen LogP contribution >= 0.6 is 0 Å². The maximum atomic E-state index is 12.5. The van der Waals surface area contributed by atoms with Crippen LogP contribution in [-0.2, 0) is 23.1 Å². The monoisotopic (exact) mass is 360 g/mol. The van der Waals surface area contributed by atoms with Gasteiger partial charge in [0.2, 0.25) is 10.0 Å². The Bertz CT molecular complexity index is 815. The van der Waals surface area contributed by atoms with Gasteiger partial charge in [-0.25, -0.2) is 13.1 Å². The van der Waals surface area contributed by atoms with Crippen LogP contribution in [0.2, 0.25) is 0 Å². The second kappa shape index (κ2) is 6.90. The van der Waals surface area contributed by atoms with Gasteiger partial charge in [-0.15, -0.1) is 0 Å². The molecular weight excluding hydrogens is 336 g/mol. The zero-order chi connectivity index (χ0) is 17.3. The highest BCUT2D eigenvalue weighted by molar-refractivity contribution is 7.89. The Hall–Kier alpha value is -1.70. The summed E-state index contributed by atoms with van der Waals surface area (Å²) in [7, 11) is -3.46. The number of aromatic nitrogens is 2. The second-order valence-corrected chi connectivity index (χ2v) is 8.94. The molecule has 1 aromatic carbocycles. The lowest BCUT2D eigenvalue weighted by atomic mass is 10.1. The van der Waals surface area contributed by atoms with Gasteiger partial charge in [0.15, 0.2) is 0 Å². The molecule has 1 atom stereocenters. The highest BCUT2D eigenvalue weighted by Crippen LogP contribution is 2.31. The van der Waals surface area contributed by atoms with Crippen molar-refractivity contribution in [3.63, 3.8) is 0 Å². The Morgan fingerprint density at radius 3 is 2.64 bits per heavy atom. The number of hydrogen-bond donors (Lipinski definition) is 1. The van der Waals surface area contributed by atoms with Crippen LogP contribution in [-0.4, -0.2) is 42.7 Å². The van der Waals surface area contributed by atoms with Crippen molar-refractivity contribution in [1.82, 2.24) is 19.4 Å². The minimum absolute atomic E-state index is 0.207. The molecule has 2 aromatic rings. The molecule has 0 amide bonds. The molecule has 4 rings (SSSR count). The van der Waals surface area contributed by atoms with Crippen molar-refractivity contribution in [3.05, 3.63) is 48.3 Å². The molecule has 0 spiro atoms. The average molecular weight is 360 g/mol. The minimum Gasteiger partial charge on any atom is -0.297 e. The van der Waals surface area contributed by atoms with Gasteiger partial charge >= 0.3 is 0 Å². The summed E-state index contributed by atoms with van der Waals surface area (Å²) < 4.78 is 29.8. The first kappa shape index (κ1) is 16.8. The van der Waals surface area contributed by atoms with Crippen LogP contribution in [0.15, 0.2) is 47.5 Å². The van der Waals surface area contributed by atoms with Gasteiger partial charge in [-0.3, -0.25) is 9.58 Å². The quantitative estimate of drug-likeness (QED) is 0.851. The van der Waals surface area contributed by atoms with Gasteiger partial charge in [-0.2, -0.15) is 5.10 Å². The van der Waals surface area contributed by atoms with Crippen molar-refractivity contribution >= 4 is 10.0 Å². The van der Waals surface area contributed by atoms with E-state index in [9.17, 15) is 8.42 Å². The van der Waals surface area contributed by atoms with Crippen molar-refractivity contribution in [2.75, 3.05) is 19.6 Å². The Morgan fingerprint density at radius 1 is 1.08 bits per heavy atom. The molecule has 0 radical (unpaired) electrons. The lowest BCUT2D eigenvalue weighted by molar-refractivity contribution is 0.221. The zero-order valence-electron chi connectivity index (χ0n) is 14.2. The molecule has 1 aromatic heterocycles. The molecule has 134 valence electrons. The fourth-order valence-corrected chi connectivity index (χ4v) is 4.60. The average Bonchev–Trinajstić information content (AvgIpc) is 3.35. The third-order valence-corrected chi connectivity index (χ3v) is 6.41. The summed E-state index contributed by atoms with van der Waals surface area (Å²) in [5.41, 5.74) is 1.22. The van der Waals surface area contributed by atoms with Crippen LogP contribution in [0.4, 0.5) is 0 Å².